The van der Waals surface area contributed by atoms with Crippen LogP contribution in [0.15, 0.2) is 34.5 Å². The summed E-state index contributed by atoms with van der Waals surface area (Å²) >= 11 is 0. The molecule has 2 aliphatic rings. The maximum atomic E-state index is 12.9. The molecule has 43 heavy (non-hydrogen) atoms. The number of aliphatic hydroxyl groups is 3. The molecule has 3 aromatic heterocycles. The standard InChI is InChI=1S/C19H25N7O15P2/c20-15-10-16(22-5-21-15)26(6-23-10)18-11(29)13(7(3-27)38-18)41-43(35,36)37-4-8-14(40-42(32,33)34)12(30)17(39-8)25-2-1-9(28)24-19(25)31/h1-2,5-8,11-14,17-18,27,29-30H,3-4H2,(H,35,36)(H2,20,21,22)(H,24,28,31)(H2,32,33,34)/t7-,8-,11+,12+,13-,14-,17+,18+/m0/s1. The Morgan fingerprint density at radius 1 is 0.977 bits per heavy atom. The van der Waals surface area contributed by atoms with Gasteiger partial charge in [0.15, 0.2) is 23.9 Å². The van der Waals surface area contributed by atoms with Crippen molar-refractivity contribution < 1.29 is 62.2 Å². The Hall–Kier alpha value is -2.95. The maximum absolute atomic E-state index is 12.9. The highest BCUT2D eigenvalue weighted by Gasteiger charge is 2.51. The lowest BCUT2D eigenvalue weighted by Crippen LogP contribution is -2.38. The first-order valence-corrected chi connectivity index (χ1v) is 15.1. The predicted molar refractivity (Wildman–Crippen MR) is 136 cm³/mol. The van der Waals surface area contributed by atoms with Crippen LogP contribution in [0.3, 0.4) is 0 Å². The number of nitrogen functional groups attached to an aromatic ring is 1. The van der Waals surface area contributed by atoms with Gasteiger partial charge in [0.05, 0.1) is 19.5 Å². The van der Waals surface area contributed by atoms with Crippen molar-refractivity contribution >= 4 is 32.6 Å². The lowest BCUT2D eigenvalue weighted by Gasteiger charge is -2.24. The number of rotatable bonds is 10. The molecule has 0 amide bonds. The molecule has 5 heterocycles. The molecule has 9 atom stereocenters. The number of hydrogen-bond acceptors (Lipinski definition) is 16. The highest BCUT2D eigenvalue weighted by molar-refractivity contribution is 7.47. The van der Waals surface area contributed by atoms with Crippen molar-refractivity contribution in [3.8, 4) is 0 Å². The van der Waals surface area contributed by atoms with Gasteiger partial charge in [-0.2, -0.15) is 0 Å². The summed E-state index contributed by atoms with van der Waals surface area (Å²) in [4.78, 5) is 66.4. The molecule has 5 rings (SSSR count). The van der Waals surface area contributed by atoms with E-state index >= 15 is 0 Å². The van der Waals surface area contributed by atoms with Crippen LogP contribution >= 0.6 is 15.6 Å². The number of nitrogens with zero attached hydrogens (tertiary/aromatic N) is 5. The quantitative estimate of drug-likeness (QED) is 0.0981. The van der Waals surface area contributed by atoms with Gasteiger partial charge in [-0.1, -0.05) is 0 Å². The van der Waals surface area contributed by atoms with Gasteiger partial charge in [-0.25, -0.2) is 28.9 Å². The summed E-state index contributed by atoms with van der Waals surface area (Å²) in [6.07, 6.45) is -10.0. The summed E-state index contributed by atoms with van der Waals surface area (Å²) in [5.41, 5.74) is 4.25. The molecule has 9 N–H and O–H groups in total. The van der Waals surface area contributed by atoms with Crippen molar-refractivity contribution in [3.05, 3.63) is 45.8 Å². The highest BCUT2D eigenvalue weighted by Crippen LogP contribution is 2.50. The van der Waals surface area contributed by atoms with Gasteiger partial charge in [-0.15, -0.1) is 0 Å². The van der Waals surface area contributed by atoms with E-state index < -0.39 is 89.2 Å². The second-order valence-corrected chi connectivity index (χ2v) is 11.9. The molecule has 0 saturated carbocycles. The van der Waals surface area contributed by atoms with Crippen molar-refractivity contribution in [1.82, 2.24) is 29.1 Å². The molecule has 3 aromatic rings. The third kappa shape index (κ3) is 6.47. The number of imidazole rings is 1. The first-order chi connectivity index (χ1) is 20.2. The van der Waals surface area contributed by atoms with Gasteiger partial charge in [0, 0.05) is 12.3 Å². The number of aliphatic hydroxyl groups excluding tert-OH is 3. The van der Waals surface area contributed by atoms with Gasteiger partial charge in [-0.3, -0.25) is 32.5 Å². The number of aromatic nitrogens is 6. The zero-order valence-electron chi connectivity index (χ0n) is 21.4. The monoisotopic (exact) mass is 653 g/mol. The molecule has 2 fully saturated rings. The smallest absolute Gasteiger partial charge is 0.394 e. The van der Waals surface area contributed by atoms with Crippen molar-refractivity contribution in [1.29, 1.82) is 0 Å². The number of H-pyrrole nitrogens is 1. The molecule has 236 valence electrons. The van der Waals surface area contributed by atoms with E-state index in [1.165, 1.54) is 10.9 Å². The first kappa shape index (κ1) is 31.5. The molecule has 2 saturated heterocycles. The van der Waals surface area contributed by atoms with E-state index in [9.17, 15) is 48.7 Å². The summed E-state index contributed by atoms with van der Waals surface area (Å²) in [5.74, 6) is 0.0314. The second-order valence-electron chi connectivity index (χ2n) is 9.29. The largest absolute Gasteiger partial charge is 0.472 e. The number of aromatic amines is 1. The van der Waals surface area contributed by atoms with Gasteiger partial charge in [-0.05, 0) is 0 Å². The number of nitrogens with two attached hydrogens (primary N) is 1. The van der Waals surface area contributed by atoms with E-state index in [0.717, 1.165) is 18.6 Å². The summed E-state index contributed by atoms with van der Waals surface area (Å²) in [5, 5.41) is 31.3. The number of ether oxygens (including phenoxy) is 2. The molecule has 1 unspecified atom stereocenters. The number of anilines is 1. The van der Waals surface area contributed by atoms with Crippen molar-refractivity contribution in [3.63, 3.8) is 0 Å². The fourth-order valence-electron chi connectivity index (χ4n) is 4.63. The average Bonchev–Trinajstić information content (AvgIpc) is 3.57. The fraction of sp³-hybridized carbons (Fsp3) is 0.526. The van der Waals surface area contributed by atoms with Crippen LogP contribution in [0.25, 0.3) is 11.2 Å². The van der Waals surface area contributed by atoms with E-state index in [2.05, 4.69) is 19.5 Å². The fourth-order valence-corrected chi connectivity index (χ4v) is 6.18. The van der Waals surface area contributed by atoms with Crippen molar-refractivity contribution in [2.75, 3.05) is 18.9 Å². The predicted octanol–water partition coefficient (Wildman–Crippen LogP) is -3.55. The van der Waals surface area contributed by atoms with Crippen molar-refractivity contribution in [2.45, 2.75) is 49.1 Å². The topological polar surface area (TPSA) is 326 Å². The van der Waals surface area contributed by atoms with E-state index in [0.29, 0.717) is 4.57 Å². The molecule has 22 nitrogen and oxygen atoms in total. The van der Waals surface area contributed by atoms with Crippen LogP contribution in [0.1, 0.15) is 12.5 Å². The molecule has 0 aliphatic carbocycles. The first-order valence-electron chi connectivity index (χ1n) is 12.1. The van der Waals surface area contributed by atoms with Gasteiger partial charge in [0.2, 0.25) is 0 Å². The number of nitrogens with one attached hydrogen (secondary N) is 1. The number of fused-ring (bicyclic) bond motifs is 1. The molecule has 24 heteroatoms. The second kappa shape index (κ2) is 11.9. The van der Waals surface area contributed by atoms with Crippen LogP contribution in [-0.4, -0.2) is 109 Å². The average molecular weight is 653 g/mol. The Bertz CT molecular complexity index is 1690. The normalized spacial score (nSPS) is 31.0. The summed E-state index contributed by atoms with van der Waals surface area (Å²) in [6, 6.07) is 0.907. The van der Waals surface area contributed by atoms with Crippen LogP contribution in [0, 0.1) is 0 Å². The lowest BCUT2D eigenvalue weighted by atomic mass is 10.1. The molecular weight excluding hydrogens is 628 g/mol. The van der Waals surface area contributed by atoms with Gasteiger partial charge >= 0.3 is 21.3 Å². The van der Waals surface area contributed by atoms with E-state index in [1.807, 2.05) is 4.98 Å². The maximum Gasteiger partial charge on any atom is 0.472 e. The van der Waals surface area contributed by atoms with E-state index in [4.69, 9.17) is 24.3 Å². The Morgan fingerprint density at radius 2 is 1.63 bits per heavy atom. The molecule has 0 aromatic carbocycles. The van der Waals surface area contributed by atoms with Crippen molar-refractivity contribution in [2.24, 2.45) is 0 Å². The Balaban J connectivity index is 1.32. The third-order valence-electron chi connectivity index (χ3n) is 6.50. The van der Waals surface area contributed by atoms with Crippen LogP contribution in [0.2, 0.25) is 0 Å². The minimum atomic E-state index is -5.29. The summed E-state index contributed by atoms with van der Waals surface area (Å²) in [6.45, 7) is -1.79. The highest BCUT2D eigenvalue weighted by atomic mass is 31.2. The van der Waals surface area contributed by atoms with Gasteiger partial charge < -0.3 is 45.2 Å². The molecule has 2 aliphatic heterocycles. The minimum Gasteiger partial charge on any atom is -0.394 e. The zero-order chi connectivity index (χ0) is 31.3. The van der Waals surface area contributed by atoms with Gasteiger partial charge in [0.25, 0.3) is 5.56 Å². The SMILES string of the molecule is Nc1ncnc2c1ncn2[C@@H]1O[C@@H](CO)[C@H](OP(=O)(O)OC[C@@H]2O[C@@H](n3ccc(=O)[nH]c3=O)[C@H](O)[C@H]2OP(=O)(O)O)[C@H]1O. The van der Waals surface area contributed by atoms with E-state index in [-0.39, 0.29) is 17.0 Å². The van der Waals surface area contributed by atoms with Crippen LogP contribution in [-0.2, 0) is 32.2 Å². The Labute approximate surface area is 238 Å². The molecule has 0 spiro atoms. The van der Waals surface area contributed by atoms with Crippen LogP contribution < -0.4 is 17.0 Å². The number of phosphoric ester groups is 2. The minimum absolute atomic E-state index is 0.0314. The zero-order valence-corrected chi connectivity index (χ0v) is 23.2. The number of phosphoric acid groups is 2. The molecule has 0 bridgehead atoms. The molecule has 0 radical (unpaired) electrons. The third-order valence-corrected chi connectivity index (χ3v) is 8.00. The Morgan fingerprint density at radius 3 is 2.28 bits per heavy atom. The number of hydrogen-bond donors (Lipinski definition) is 8. The van der Waals surface area contributed by atoms with Crippen LogP contribution in [0.4, 0.5) is 5.82 Å². The van der Waals surface area contributed by atoms with Crippen LogP contribution in [0.5, 0.6) is 0 Å². The summed E-state index contributed by atoms with van der Waals surface area (Å²) < 4.78 is 52.0. The molecular formula is C19H25N7O15P2. The summed E-state index contributed by atoms with van der Waals surface area (Å²) in [7, 11) is -10.5. The Kier molecular flexibility index (Phi) is 8.68. The van der Waals surface area contributed by atoms with E-state index in [1.54, 1.807) is 0 Å². The lowest BCUT2D eigenvalue weighted by molar-refractivity contribution is -0.0608. The van der Waals surface area contributed by atoms with Gasteiger partial charge in [0.1, 0.15) is 48.5 Å².